The van der Waals surface area contributed by atoms with Crippen LogP contribution in [0.4, 0.5) is 5.69 Å². The van der Waals surface area contributed by atoms with Crippen molar-refractivity contribution in [3.8, 4) is 11.5 Å². The fourth-order valence-electron chi connectivity index (χ4n) is 2.99. The second-order valence-electron chi connectivity index (χ2n) is 6.73. The molecule has 0 saturated heterocycles. The average molecular weight is 534 g/mol. The predicted octanol–water partition coefficient (Wildman–Crippen LogP) is 4.78. The van der Waals surface area contributed by atoms with Gasteiger partial charge in [0.25, 0.3) is 5.91 Å². The molecule has 2 aromatic carbocycles. The molecule has 0 fully saturated rings. The minimum atomic E-state index is -3.68. The third kappa shape index (κ3) is 5.71. The van der Waals surface area contributed by atoms with E-state index in [1.54, 1.807) is 19.9 Å². The van der Waals surface area contributed by atoms with Crippen LogP contribution < -0.4 is 14.8 Å². The molecule has 1 N–H and O–H groups in total. The fourth-order valence-corrected chi connectivity index (χ4v) is 5.17. The molecule has 0 aromatic heterocycles. The monoisotopic (exact) mass is 532 g/mol. The summed E-state index contributed by atoms with van der Waals surface area (Å²) >= 11 is 9.65. The van der Waals surface area contributed by atoms with E-state index in [-0.39, 0.29) is 17.2 Å². The molecule has 2 aromatic rings. The van der Waals surface area contributed by atoms with Crippen molar-refractivity contribution in [2.45, 2.75) is 32.6 Å². The Bertz CT molecular complexity index is 1070. The Hall–Kier alpha value is -1.81. The van der Waals surface area contributed by atoms with Crippen LogP contribution in [0, 0.1) is 13.8 Å². The minimum Gasteiger partial charge on any atom is -0.495 e. The summed E-state index contributed by atoms with van der Waals surface area (Å²) in [5.74, 6) is 0.360. The van der Waals surface area contributed by atoms with Crippen LogP contribution in [0.1, 0.15) is 25.0 Å². The molecule has 10 heteroatoms. The number of aryl methyl sites for hydroxylation is 1. The third-order valence-corrected chi connectivity index (χ3v) is 8.33. The summed E-state index contributed by atoms with van der Waals surface area (Å²) in [5, 5.41) is 3.29. The summed E-state index contributed by atoms with van der Waals surface area (Å²) in [6, 6.07) is 6.09. The first-order chi connectivity index (χ1) is 14.6. The van der Waals surface area contributed by atoms with Crippen molar-refractivity contribution in [2.75, 3.05) is 32.1 Å². The number of anilines is 1. The van der Waals surface area contributed by atoms with E-state index in [2.05, 4.69) is 21.2 Å². The first-order valence-electron chi connectivity index (χ1n) is 9.62. The number of amides is 1. The first-order valence-corrected chi connectivity index (χ1v) is 12.2. The van der Waals surface area contributed by atoms with E-state index in [0.717, 1.165) is 11.1 Å². The molecule has 0 heterocycles. The lowest BCUT2D eigenvalue weighted by Crippen LogP contribution is -2.30. The van der Waals surface area contributed by atoms with Gasteiger partial charge in [-0.15, -0.1) is 0 Å². The number of sulfonamides is 1. The van der Waals surface area contributed by atoms with E-state index >= 15 is 0 Å². The Kier molecular flexibility index (Phi) is 8.76. The molecule has 0 aliphatic heterocycles. The Morgan fingerprint density at radius 1 is 1.16 bits per heavy atom. The Morgan fingerprint density at radius 2 is 1.81 bits per heavy atom. The summed E-state index contributed by atoms with van der Waals surface area (Å²) < 4.78 is 38.5. The summed E-state index contributed by atoms with van der Waals surface area (Å²) in [6.45, 7) is 7.63. The van der Waals surface area contributed by atoms with Gasteiger partial charge in [-0.3, -0.25) is 4.79 Å². The van der Waals surface area contributed by atoms with Crippen molar-refractivity contribution < 1.29 is 22.7 Å². The zero-order valence-electron chi connectivity index (χ0n) is 18.1. The van der Waals surface area contributed by atoms with Crippen LogP contribution in [-0.2, 0) is 14.8 Å². The number of nitrogens with zero attached hydrogens (tertiary/aromatic N) is 1. The van der Waals surface area contributed by atoms with Gasteiger partial charge < -0.3 is 14.8 Å². The van der Waals surface area contributed by atoms with E-state index < -0.39 is 15.9 Å². The lowest BCUT2D eigenvalue weighted by molar-refractivity contribution is -0.118. The SMILES string of the molecule is CCN(CC)S(=O)(=O)c1ccc(OC)c(NC(=O)COc2cc(C)c(Cl)c(C)c2Br)c1. The molecule has 170 valence electrons. The molecule has 31 heavy (non-hydrogen) atoms. The summed E-state index contributed by atoms with van der Waals surface area (Å²) in [4.78, 5) is 12.6. The fraction of sp³-hybridized carbons (Fsp3) is 0.381. The van der Waals surface area contributed by atoms with E-state index in [9.17, 15) is 13.2 Å². The van der Waals surface area contributed by atoms with Gasteiger partial charge in [0, 0.05) is 18.1 Å². The summed E-state index contributed by atoms with van der Waals surface area (Å²) in [7, 11) is -2.24. The van der Waals surface area contributed by atoms with E-state index in [1.807, 2.05) is 13.8 Å². The van der Waals surface area contributed by atoms with Crippen LogP contribution in [-0.4, -0.2) is 45.4 Å². The highest BCUT2D eigenvalue weighted by Gasteiger charge is 2.23. The third-order valence-electron chi connectivity index (χ3n) is 4.72. The Labute approximate surface area is 196 Å². The van der Waals surface area contributed by atoms with Crippen LogP contribution in [0.2, 0.25) is 5.02 Å². The van der Waals surface area contributed by atoms with Gasteiger partial charge in [0.15, 0.2) is 6.61 Å². The highest BCUT2D eigenvalue weighted by atomic mass is 79.9. The molecule has 0 bridgehead atoms. The first kappa shape index (κ1) is 25.5. The lowest BCUT2D eigenvalue weighted by atomic mass is 10.1. The van der Waals surface area contributed by atoms with Crippen LogP contribution in [0.15, 0.2) is 33.6 Å². The number of hydrogen-bond acceptors (Lipinski definition) is 5. The van der Waals surface area contributed by atoms with Crippen LogP contribution >= 0.6 is 27.5 Å². The molecule has 7 nitrogen and oxygen atoms in total. The van der Waals surface area contributed by atoms with Gasteiger partial charge >= 0.3 is 0 Å². The molecule has 0 spiro atoms. The van der Waals surface area contributed by atoms with Crippen molar-refractivity contribution in [1.29, 1.82) is 0 Å². The molecule has 2 rings (SSSR count). The lowest BCUT2D eigenvalue weighted by Gasteiger charge is -2.19. The van der Waals surface area contributed by atoms with Crippen LogP contribution in [0.25, 0.3) is 0 Å². The van der Waals surface area contributed by atoms with E-state index in [1.165, 1.54) is 29.6 Å². The Morgan fingerprint density at radius 3 is 2.39 bits per heavy atom. The minimum absolute atomic E-state index is 0.0694. The van der Waals surface area contributed by atoms with Crippen molar-refractivity contribution in [2.24, 2.45) is 0 Å². The van der Waals surface area contributed by atoms with Crippen LogP contribution in [0.3, 0.4) is 0 Å². The van der Waals surface area contributed by atoms with Crippen molar-refractivity contribution in [1.82, 2.24) is 4.31 Å². The zero-order chi connectivity index (χ0) is 23.3. The van der Waals surface area contributed by atoms with Crippen LogP contribution in [0.5, 0.6) is 11.5 Å². The number of carbonyl (C=O) groups is 1. The number of halogens is 2. The van der Waals surface area contributed by atoms with E-state index in [0.29, 0.717) is 34.1 Å². The molecule has 0 unspecified atom stereocenters. The normalized spacial score (nSPS) is 11.5. The maximum Gasteiger partial charge on any atom is 0.262 e. The topological polar surface area (TPSA) is 84.9 Å². The Balaban J connectivity index is 2.23. The highest BCUT2D eigenvalue weighted by molar-refractivity contribution is 9.10. The zero-order valence-corrected chi connectivity index (χ0v) is 21.2. The van der Waals surface area contributed by atoms with Crippen molar-refractivity contribution in [3.05, 3.63) is 44.9 Å². The van der Waals surface area contributed by atoms with Gasteiger partial charge in [0.05, 0.1) is 22.2 Å². The average Bonchev–Trinajstić information content (AvgIpc) is 2.74. The van der Waals surface area contributed by atoms with E-state index in [4.69, 9.17) is 21.1 Å². The maximum absolute atomic E-state index is 12.8. The molecule has 0 radical (unpaired) electrons. The smallest absolute Gasteiger partial charge is 0.262 e. The molecule has 1 amide bonds. The van der Waals surface area contributed by atoms with Gasteiger partial charge in [-0.05, 0) is 65.2 Å². The second kappa shape index (κ2) is 10.7. The molecular formula is C21H26BrClN2O5S. The quantitative estimate of drug-likeness (QED) is 0.502. The molecule has 0 aliphatic rings. The standard InChI is InChI=1S/C21H26BrClN2O5S/c1-6-25(7-2)31(27,28)15-8-9-17(29-5)16(11-15)24-19(26)12-30-18-10-13(3)21(23)14(4)20(18)22/h8-11H,6-7,12H2,1-5H3,(H,24,26). The number of benzene rings is 2. The van der Waals surface area contributed by atoms with Gasteiger partial charge in [-0.2, -0.15) is 4.31 Å². The highest BCUT2D eigenvalue weighted by Crippen LogP contribution is 2.36. The number of carbonyl (C=O) groups excluding carboxylic acids is 1. The molecule has 0 aliphatic carbocycles. The number of rotatable bonds is 9. The van der Waals surface area contributed by atoms with Gasteiger partial charge in [0.2, 0.25) is 10.0 Å². The number of ether oxygens (including phenoxy) is 2. The predicted molar refractivity (Wildman–Crippen MR) is 126 cm³/mol. The van der Waals surface area contributed by atoms with Gasteiger partial charge in [-0.25, -0.2) is 8.42 Å². The number of nitrogens with one attached hydrogen (secondary N) is 1. The summed E-state index contributed by atoms with van der Waals surface area (Å²) in [5.41, 5.74) is 1.88. The van der Waals surface area contributed by atoms with Crippen molar-refractivity contribution >= 4 is 49.1 Å². The van der Waals surface area contributed by atoms with Gasteiger partial charge in [-0.1, -0.05) is 25.4 Å². The molecule has 0 atom stereocenters. The molecule has 0 saturated carbocycles. The maximum atomic E-state index is 12.8. The van der Waals surface area contributed by atoms with Crippen molar-refractivity contribution in [3.63, 3.8) is 0 Å². The van der Waals surface area contributed by atoms with Gasteiger partial charge in [0.1, 0.15) is 11.5 Å². The largest absolute Gasteiger partial charge is 0.495 e. The number of hydrogen-bond donors (Lipinski definition) is 1. The molecular weight excluding hydrogens is 508 g/mol. The summed E-state index contributed by atoms with van der Waals surface area (Å²) in [6.07, 6.45) is 0. The second-order valence-corrected chi connectivity index (χ2v) is 9.84. The number of methoxy groups -OCH3 is 1.